The van der Waals surface area contributed by atoms with Crippen LogP contribution in [0, 0.1) is 11.3 Å². The fraction of sp³-hybridized carbons (Fsp3) is 0.412. The number of piperidine rings is 1. The smallest absolute Gasteiger partial charge is 0.404 e. The zero-order valence-corrected chi connectivity index (χ0v) is 14.0. The Hall–Kier alpha value is -3.28. The number of likely N-dealkylation sites (tertiary alicyclic amines) is 1. The van der Waals surface area contributed by atoms with E-state index in [0.29, 0.717) is 36.5 Å². The van der Waals surface area contributed by atoms with E-state index in [1.807, 2.05) is 6.07 Å². The maximum atomic E-state index is 12.2. The van der Waals surface area contributed by atoms with E-state index >= 15 is 0 Å². The summed E-state index contributed by atoms with van der Waals surface area (Å²) in [5.41, 5.74) is 0.943. The minimum atomic E-state index is -1.14. The van der Waals surface area contributed by atoms with Crippen molar-refractivity contribution in [2.24, 2.45) is 0 Å². The molecular formula is C17H18N4O5. The summed E-state index contributed by atoms with van der Waals surface area (Å²) in [6.07, 6.45) is -0.497. The van der Waals surface area contributed by atoms with Crippen molar-refractivity contribution >= 4 is 23.6 Å². The first-order valence-corrected chi connectivity index (χ1v) is 8.22. The first-order chi connectivity index (χ1) is 12.5. The second kappa shape index (κ2) is 7.31. The van der Waals surface area contributed by atoms with Gasteiger partial charge in [0.1, 0.15) is 5.75 Å². The number of hydrogen-bond acceptors (Lipinski definition) is 5. The van der Waals surface area contributed by atoms with Gasteiger partial charge < -0.3 is 25.0 Å². The van der Waals surface area contributed by atoms with E-state index in [2.05, 4.69) is 5.32 Å². The number of nitrogens with zero attached hydrogens (tertiary/aromatic N) is 3. The molecular weight excluding hydrogens is 340 g/mol. The molecule has 1 aromatic carbocycles. The Bertz CT molecular complexity index is 788. The topological polar surface area (TPSA) is 123 Å². The van der Waals surface area contributed by atoms with Crippen molar-refractivity contribution in [3.05, 3.63) is 23.8 Å². The normalized spacial score (nSPS) is 19.4. The lowest BCUT2D eigenvalue weighted by Crippen LogP contribution is -2.50. The Labute approximate surface area is 149 Å². The van der Waals surface area contributed by atoms with E-state index in [9.17, 15) is 14.4 Å². The van der Waals surface area contributed by atoms with Crippen LogP contribution >= 0.6 is 0 Å². The van der Waals surface area contributed by atoms with Gasteiger partial charge in [0.15, 0.2) is 6.61 Å². The molecule has 0 saturated carbocycles. The van der Waals surface area contributed by atoms with E-state index in [-0.39, 0.29) is 37.4 Å². The van der Waals surface area contributed by atoms with Crippen molar-refractivity contribution in [2.75, 3.05) is 31.1 Å². The molecule has 0 radical (unpaired) electrons. The lowest BCUT2D eigenvalue weighted by molar-refractivity contribution is -0.134. The number of carbonyl (C=O) groups excluding carboxylic acids is 2. The minimum Gasteiger partial charge on any atom is -0.482 e. The molecule has 3 amide bonds. The Morgan fingerprint density at radius 1 is 1.35 bits per heavy atom. The summed E-state index contributed by atoms with van der Waals surface area (Å²) in [5.74, 6) is 0.142. The molecule has 26 heavy (non-hydrogen) atoms. The number of hydrogen-bond donors (Lipinski definition) is 2. The summed E-state index contributed by atoms with van der Waals surface area (Å²) in [4.78, 5) is 38.3. The number of amides is 3. The number of fused-ring (bicyclic) bond motifs is 1. The van der Waals surface area contributed by atoms with E-state index in [0.717, 1.165) is 0 Å². The fourth-order valence-corrected chi connectivity index (χ4v) is 3.15. The maximum absolute atomic E-state index is 12.2. The number of carboxylic acid groups (broad SMARTS) is 1. The lowest BCUT2D eigenvalue weighted by atomic mass is 10.0. The van der Waals surface area contributed by atoms with Gasteiger partial charge in [0.25, 0.3) is 5.91 Å². The first-order valence-electron chi connectivity index (χ1n) is 8.22. The summed E-state index contributed by atoms with van der Waals surface area (Å²) >= 11 is 0. The molecule has 0 spiro atoms. The third-order valence-corrected chi connectivity index (χ3v) is 4.47. The van der Waals surface area contributed by atoms with E-state index in [1.165, 1.54) is 4.90 Å². The van der Waals surface area contributed by atoms with Crippen molar-refractivity contribution in [1.29, 1.82) is 5.26 Å². The quantitative estimate of drug-likeness (QED) is 0.810. The molecule has 1 aromatic rings. The summed E-state index contributed by atoms with van der Waals surface area (Å²) in [6.45, 7) is 0.957. The van der Waals surface area contributed by atoms with Gasteiger partial charge in [0, 0.05) is 32.1 Å². The van der Waals surface area contributed by atoms with Gasteiger partial charge in [0.2, 0.25) is 5.91 Å². The Morgan fingerprint density at radius 3 is 2.85 bits per heavy atom. The number of ether oxygens (including phenoxy) is 1. The number of rotatable bonds is 4. The highest BCUT2D eigenvalue weighted by molar-refractivity contribution is 5.98. The third-order valence-electron chi connectivity index (χ3n) is 4.47. The van der Waals surface area contributed by atoms with Crippen molar-refractivity contribution in [2.45, 2.75) is 18.9 Å². The molecule has 2 aliphatic heterocycles. The van der Waals surface area contributed by atoms with Gasteiger partial charge in [-0.15, -0.1) is 0 Å². The third kappa shape index (κ3) is 3.69. The molecule has 0 aromatic heterocycles. The monoisotopic (exact) mass is 358 g/mol. The number of carbonyl (C=O) groups is 3. The second-order valence-electron chi connectivity index (χ2n) is 6.15. The van der Waals surface area contributed by atoms with Crippen LogP contribution < -0.4 is 15.0 Å². The van der Waals surface area contributed by atoms with Gasteiger partial charge >= 0.3 is 6.09 Å². The van der Waals surface area contributed by atoms with E-state index in [4.69, 9.17) is 15.1 Å². The summed E-state index contributed by atoms with van der Waals surface area (Å²) in [5, 5.41) is 20.1. The number of nitrogens with one attached hydrogen (secondary N) is 1. The summed E-state index contributed by atoms with van der Waals surface area (Å²) in [6, 6.07) is 6.53. The summed E-state index contributed by atoms with van der Waals surface area (Å²) in [7, 11) is 0. The summed E-state index contributed by atoms with van der Waals surface area (Å²) < 4.78 is 5.38. The molecule has 1 unspecified atom stereocenters. The highest BCUT2D eigenvalue weighted by Gasteiger charge is 2.30. The number of nitriles is 1. The largest absolute Gasteiger partial charge is 0.482 e. The average molecular weight is 358 g/mol. The highest BCUT2D eigenvalue weighted by atomic mass is 16.5. The van der Waals surface area contributed by atoms with Crippen LogP contribution in [0.15, 0.2) is 18.2 Å². The maximum Gasteiger partial charge on any atom is 0.404 e. The van der Waals surface area contributed by atoms with Gasteiger partial charge in [-0.2, -0.15) is 5.26 Å². The van der Waals surface area contributed by atoms with Crippen LogP contribution in [0.25, 0.3) is 0 Å². The zero-order valence-electron chi connectivity index (χ0n) is 14.0. The van der Waals surface area contributed by atoms with Crippen molar-refractivity contribution in [3.63, 3.8) is 0 Å². The van der Waals surface area contributed by atoms with Gasteiger partial charge in [-0.25, -0.2) is 4.79 Å². The van der Waals surface area contributed by atoms with Gasteiger partial charge in [-0.05, 0) is 24.6 Å². The first kappa shape index (κ1) is 17.5. The average Bonchev–Trinajstić information content (AvgIpc) is 2.61. The minimum absolute atomic E-state index is 0.0859. The van der Waals surface area contributed by atoms with Crippen LogP contribution in [0.1, 0.15) is 18.4 Å². The Kier molecular flexibility index (Phi) is 4.93. The van der Waals surface area contributed by atoms with Crippen LogP contribution in [-0.4, -0.2) is 60.2 Å². The molecule has 2 heterocycles. The molecule has 0 bridgehead atoms. The lowest BCUT2D eigenvalue weighted by Gasteiger charge is -2.35. The molecule has 2 N–H and O–H groups in total. The van der Waals surface area contributed by atoms with E-state index < -0.39 is 6.09 Å². The van der Waals surface area contributed by atoms with Crippen LogP contribution in [0.2, 0.25) is 0 Å². The SMILES string of the molecule is N#Cc1ccc2c(c1)N(CCN1CCC(NC(=O)O)CC1=O)C(=O)CO2. The van der Waals surface area contributed by atoms with Gasteiger partial charge in [0.05, 0.1) is 17.3 Å². The number of benzene rings is 1. The van der Waals surface area contributed by atoms with E-state index in [1.54, 1.807) is 23.1 Å². The van der Waals surface area contributed by atoms with Gasteiger partial charge in [-0.3, -0.25) is 9.59 Å². The van der Waals surface area contributed by atoms with Crippen LogP contribution in [0.3, 0.4) is 0 Å². The Morgan fingerprint density at radius 2 is 2.15 bits per heavy atom. The predicted molar refractivity (Wildman–Crippen MR) is 89.8 cm³/mol. The molecule has 9 nitrogen and oxygen atoms in total. The van der Waals surface area contributed by atoms with Crippen LogP contribution in [0.4, 0.5) is 10.5 Å². The van der Waals surface area contributed by atoms with Gasteiger partial charge in [-0.1, -0.05) is 0 Å². The molecule has 2 aliphatic rings. The fourth-order valence-electron chi connectivity index (χ4n) is 3.15. The Balaban J connectivity index is 1.65. The highest BCUT2D eigenvalue weighted by Crippen LogP contribution is 2.32. The molecule has 136 valence electrons. The van der Waals surface area contributed by atoms with Crippen LogP contribution in [-0.2, 0) is 9.59 Å². The molecule has 0 aliphatic carbocycles. The van der Waals surface area contributed by atoms with Crippen molar-refractivity contribution in [3.8, 4) is 11.8 Å². The zero-order chi connectivity index (χ0) is 18.7. The molecule has 3 rings (SSSR count). The standard InChI is InChI=1S/C17H18N4O5/c18-9-11-1-2-14-13(7-11)21(16(23)10-26-14)6-5-20-4-3-12(8-15(20)22)19-17(24)25/h1-2,7,12,19H,3-6,8,10H2,(H,24,25). The molecule has 1 fully saturated rings. The molecule has 9 heteroatoms. The molecule has 1 saturated heterocycles. The van der Waals surface area contributed by atoms with Crippen LogP contribution in [0.5, 0.6) is 5.75 Å². The second-order valence-corrected chi connectivity index (χ2v) is 6.15. The number of anilines is 1. The molecule has 1 atom stereocenters. The predicted octanol–water partition coefficient (Wildman–Crippen LogP) is 0.542. The van der Waals surface area contributed by atoms with Crippen molar-refractivity contribution in [1.82, 2.24) is 10.2 Å². The van der Waals surface area contributed by atoms with Crippen molar-refractivity contribution < 1.29 is 24.2 Å².